The van der Waals surface area contributed by atoms with Crippen LogP contribution in [0.1, 0.15) is 14.5 Å². The number of nitrogens with one attached hydrogen (secondary N) is 1. The Morgan fingerprint density at radius 1 is 1.35 bits per heavy atom. The molecule has 1 aromatic rings. The molecule has 96 valence electrons. The van der Waals surface area contributed by atoms with E-state index in [1.54, 1.807) is 0 Å². The van der Waals surface area contributed by atoms with E-state index < -0.39 is 0 Å². The molecule has 0 atom stereocenters. The third kappa shape index (κ3) is 4.82. The Morgan fingerprint density at radius 3 is 2.65 bits per heavy atom. The number of likely N-dealkylation sites (N-methyl/N-ethyl adjacent to an activating group) is 2. The lowest BCUT2D eigenvalue weighted by Crippen LogP contribution is -2.29. The molecule has 1 rings (SSSR count). The first-order valence-electron chi connectivity index (χ1n) is 5.46. The van der Waals surface area contributed by atoms with Crippen molar-refractivity contribution in [2.75, 3.05) is 34.2 Å². The van der Waals surface area contributed by atoms with E-state index in [9.17, 15) is 4.79 Å². The highest BCUT2D eigenvalue weighted by atomic mass is 32.1. The van der Waals surface area contributed by atoms with Crippen molar-refractivity contribution in [3.63, 3.8) is 0 Å². The van der Waals surface area contributed by atoms with Gasteiger partial charge in [-0.1, -0.05) is 0 Å². The molecule has 17 heavy (non-hydrogen) atoms. The van der Waals surface area contributed by atoms with Crippen molar-refractivity contribution in [2.45, 2.75) is 6.54 Å². The minimum absolute atomic E-state index is 0.225. The quantitative estimate of drug-likeness (QED) is 0.438. The zero-order valence-electron chi connectivity index (χ0n) is 10.6. The van der Waals surface area contributed by atoms with Crippen molar-refractivity contribution < 1.29 is 4.79 Å². The van der Waals surface area contributed by atoms with Crippen molar-refractivity contribution in [3.8, 4) is 0 Å². The van der Waals surface area contributed by atoms with E-state index in [0.29, 0.717) is 4.88 Å². The number of hydrogen-bond donors (Lipinski definition) is 2. The maximum atomic E-state index is 11.3. The fourth-order valence-electron chi connectivity index (χ4n) is 1.37. The topological polar surface area (TPSA) is 61.6 Å². The molecule has 0 saturated heterocycles. The number of carbonyl (C=O) groups is 1. The molecular formula is C11H20N4OS. The number of amides is 1. The molecule has 1 aromatic heterocycles. The van der Waals surface area contributed by atoms with Crippen LogP contribution in [-0.2, 0) is 6.54 Å². The van der Waals surface area contributed by atoms with Gasteiger partial charge in [-0.15, -0.1) is 11.3 Å². The second-order valence-electron chi connectivity index (χ2n) is 4.28. The summed E-state index contributed by atoms with van der Waals surface area (Å²) in [7, 11) is 6.19. The number of hydrazine groups is 1. The first-order valence-corrected chi connectivity index (χ1v) is 6.27. The number of nitrogens with two attached hydrogens (primary N) is 1. The summed E-state index contributed by atoms with van der Waals surface area (Å²) in [6.45, 7) is 2.89. The number of rotatable bonds is 6. The molecule has 1 amide bonds. The van der Waals surface area contributed by atoms with Gasteiger partial charge in [0.25, 0.3) is 5.91 Å². The molecule has 1 heterocycles. The lowest BCUT2D eigenvalue weighted by Gasteiger charge is -2.18. The first-order chi connectivity index (χ1) is 8.02. The van der Waals surface area contributed by atoms with E-state index in [1.165, 1.54) is 16.2 Å². The van der Waals surface area contributed by atoms with Gasteiger partial charge in [0.05, 0.1) is 4.88 Å². The molecule has 0 aromatic carbocycles. The van der Waals surface area contributed by atoms with E-state index >= 15 is 0 Å². The van der Waals surface area contributed by atoms with Gasteiger partial charge in [-0.25, -0.2) is 5.84 Å². The molecule has 3 N–H and O–H groups in total. The number of nitrogens with zero attached hydrogens (tertiary/aromatic N) is 2. The lowest BCUT2D eigenvalue weighted by molar-refractivity contribution is 0.0957. The maximum absolute atomic E-state index is 11.3. The average molecular weight is 256 g/mol. The van der Waals surface area contributed by atoms with E-state index in [4.69, 9.17) is 5.84 Å². The Labute approximate surface area is 106 Å². The molecule has 0 aliphatic heterocycles. The molecule has 0 aliphatic rings. The Hall–Kier alpha value is -0.950. The summed E-state index contributed by atoms with van der Waals surface area (Å²) in [4.78, 5) is 17.5. The van der Waals surface area contributed by atoms with Gasteiger partial charge in [-0.05, 0) is 33.3 Å². The van der Waals surface area contributed by atoms with Crippen LogP contribution >= 0.6 is 11.3 Å². The van der Waals surface area contributed by atoms with Crippen molar-refractivity contribution in [3.05, 3.63) is 21.9 Å². The van der Waals surface area contributed by atoms with Gasteiger partial charge in [0.2, 0.25) is 0 Å². The zero-order valence-corrected chi connectivity index (χ0v) is 11.4. The third-order valence-electron chi connectivity index (χ3n) is 2.37. The zero-order chi connectivity index (χ0) is 12.8. The standard InChI is InChI=1S/C11H20N4OS/c1-14(2)6-7-15(3)8-9-4-5-10(17-9)11(16)13-12/h4-5H,6-8,12H2,1-3H3,(H,13,16). The van der Waals surface area contributed by atoms with Crippen LogP contribution in [0.4, 0.5) is 0 Å². The monoisotopic (exact) mass is 256 g/mol. The first kappa shape index (κ1) is 14.1. The van der Waals surface area contributed by atoms with Gasteiger partial charge in [0, 0.05) is 24.5 Å². The van der Waals surface area contributed by atoms with Gasteiger partial charge < -0.3 is 9.80 Å². The van der Waals surface area contributed by atoms with E-state index in [-0.39, 0.29) is 5.91 Å². The fourth-order valence-corrected chi connectivity index (χ4v) is 2.36. The van der Waals surface area contributed by atoms with Crippen LogP contribution in [0.2, 0.25) is 0 Å². The van der Waals surface area contributed by atoms with Gasteiger partial charge >= 0.3 is 0 Å². The van der Waals surface area contributed by atoms with Crippen LogP contribution in [0.5, 0.6) is 0 Å². The summed E-state index contributed by atoms with van der Waals surface area (Å²) in [6, 6.07) is 3.78. The van der Waals surface area contributed by atoms with E-state index in [1.807, 2.05) is 12.1 Å². The number of carbonyl (C=O) groups excluding carboxylic acids is 1. The van der Waals surface area contributed by atoms with Crippen LogP contribution in [0.3, 0.4) is 0 Å². The SMILES string of the molecule is CN(C)CCN(C)Cc1ccc(C(=O)NN)s1. The summed E-state index contributed by atoms with van der Waals surface area (Å²) in [5.41, 5.74) is 2.14. The Balaban J connectivity index is 2.46. The van der Waals surface area contributed by atoms with E-state index in [0.717, 1.165) is 19.6 Å². The van der Waals surface area contributed by atoms with Gasteiger partial charge in [0.1, 0.15) is 0 Å². The molecule has 0 radical (unpaired) electrons. The second-order valence-corrected chi connectivity index (χ2v) is 5.45. The molecule has 0 bridgehead atoms. The average Bonchev–Trinajstić information content (AvgIpc) is 2.73. The van der Waals surface area contributed by atoms with Crippen LogP contribution in [0.15, 0.2) is 12.1 Å². The minimum Gasteiger partial charge on any atom is -0.308 e. The Kier molecular flexibility index (Phi) is 5.57. The summed E-state index contributed by atoms with van der Waals surface area (Å²) < 4.78 is 0. The van der Waals surface area contributed by atoms with E-state index in [2.05, 4.69) is 36.4 Å². The molecule has 0 spiro atoms. The predicted molar refractivity (Wildman–Crippen MR) is 70.9 cm³/mol. The molecule has 0 unspecified atom stereocenters. The normalized spacial score (nSPS) is 11.2. The van der Waals surface area contributed by atoms with Crippen LogP contribution in [-0.4, -0.2) is 49.9 Å². The second kappa shape index (κ2) is 6.70. The maximum Gasteiger partial charge on any atom is 0.275 e. The molecule has 0 fully saturated rings. The third-order valence-corrected chi connectivity index (χ3v) is 3.44. The fraction of sp³-hybridized carbons (Fsp3) is 0.545. The van der Waals surface area contributed by atoms with Crippen LogP contribution < -0.4 is 11.3 Å². The Bertz CT molecular complexity index is 364. The van der Waals surface area contributed by atoms with Crippen molar-refractivity contribution in [1.82, 2.24) is 15.2 Å². The molecule has 6 heteroatoms. The minimum atomic E-state index is -0.225. The highest BCUT2D eigenvalue weighted by Gasteiger charge is 2.08. The van der Waals surface area contributed by atoms with Crippen LogP contribution in [0.25, 0.3) is 0 Å². The number of hydrogen-bond acceptors (Lipinski definition) is 5. The summed E-state index contributed by atoms with van der Waals surface area (Å²) in [6.07, 6.45) is 0. The molecule has 5 nitrogen and oxygen atoms in total. The van der Waals surface area contributed by atoms with Crippen molar-refractivity contribution in [1.29, 1.82) is 0 Å². The smallest absolute Gasteiger partial charge is 0.275 e. The van der Waals surface area contributed by atoms with Crippen molar-refractivity contribution >= 4 is 17.2 Å². The predicted octanol–water partition coefficient (Wildman–Crippen LogP) is 0.345. The highest BCUT2D eigenvalue weighted by molar-refractivity contribution is 7.14. The van der Waals surface area contributed by atoms with Crippen LogP contribution in [0, 0.1) is 0 Å². The summed E-state index contributed by atoms with van der Waals surface area (Å²) in [5, 5.41) is 0. The van der Waals surface area contributed by atoms with Crippen molar-refractivity contribution in [2.24, 2.45) is 5.84 Å². The lowest BCUT2D eigenvalue weighted by atomic mass is 10.4. The van der Waals surface area contributed by atoms with Gasteiger partial charge in [0.15, 0.2) is 0 Å². The number of nitrogen functional groups attached to an aromatic ring is 1. The molecule has 0 saturated carbocycles. The summed E-state index contributed by atoms with van der Waals surface area (Å²) in [5.74, 6) is 4.86. The van der Waals surface area contributed by atoms with Gasteiger partial charge in [-0.3, -0.25) is 10.2 Å². The molecule has 0 aliphatic carbocycles. The summed E-state index contributed by atoms with van der Waals surface area (Å²) >= 11 is 1.48. The van der Waals surface area contributed by atoms with Gasteiger partial charge in [-0.2, -0.15) is 0 Å². The number of thiophene rings is 1. The highest BCUT2D eigenvalue weighted by Crippen LogP contribution is 2.17. The molecular weight excluding hydrogens is 236 g/mol. The largest absolute Gasteiger partial charge is 0.308 e. The Morgan fingerprint density at radius 2 is 2.06 bits per heavy atom.